The van der Waals surface area contributed by atoms with E-state index < -0.39 is 29.7 Å². The Labute approximate surface area is 142 Å². The maximum absolute atomic E-state index is 12.0. The molecule has 2 heterocycles. The molecule has 0 saturated carbocycles. The Morgan fingerprint density at radius 1 is 1.40 bits per heavy atom. The van der Waals surface area contributed by atoms with Crippen LogP contribution in [0.1, 0.15) is 23.8 Å². The number of rotatable bonds is 4. The van der Waals surface area contributed by atoms with E-state index in [2.05, 4.69) is 4.98 Å². The van der Waals surface area contributed by atoms with Crippen molar-refractivity contribution in [2.24, 2.45) is 0 Å². The van der Waals surface area contributed by atoms with Gasteiger partial charge in [-0.1, -0.05) is 0 Å². The van der Waals surface area contributed by atoms with E-state index in [1.54, 1.807) is 31.2 Å². The molecule has 3 atom stereocenters. The molecule has 0 bridgehead atoms. The van der Waals surface area contributed by atoms with Gasteiger partial charge in [0.05, 0.1) is 18.2 Å². The molecule has 1 aromatic carbocycles. The van der Waals surface area contributed by atoms with Crippen LogP contribution >= 0.6 is 0 Å². The number of nitrogens with zero attached hydrogens (tertiary/aromatic N) is 2. The number of nitrogens with one attached hydrogen (secondary N) is 1. The van der Waals surface area contributed by atoms with Crippen molar-refractivity contribution in [3.05, 3.63) is 62.4 Å². The van der Waals surface area contributed by atoms with Gasteiger partial charge >= 0.3 is 5.69 Å². The highest BCUT2D eigenvalue weighted by Crippen LogP contribution is 2.31. The van der Waals surface area contributed by atoms with Gasteiger partial charge in [-0.2, -0.15) is 5.26 Å². The maximum Gasteiger partial charge on any atom is 0.330 e. The van der Waals surface area contributed by atoms with Crippen molar-refractivity contribution >= 4 is 0 Å². The Kier molecular flexibility index (Phi) is 4.70. The molecule has 8 nitrogen and oxygen atoms in total. The van der Waals surface area contributed by atoms with Gasteiger partial charge in [-0.3, -0.25) is 14.3 Å². The molecule has 0 spiro atoms. The van der Waals surface area contributed by atoms with Crippen LogP contribution in [0.5, 0.6) is 5.75 Å². The molecule has 0 unspecified atom stereocenters. The van der Waals surface area contributed by atoms with Gasteiger partial charge in [0, 0.05) is 18.2 Å². The molecule has 25 heavy (non-hydrogen) atoms. The summed E-state index contributed by atoms with van der Waals surface area (Å²) in [7, 11) is 0. The molecular formula is C17H17N3O5. The predicted molar refractivity (Wildman–Crippen MR) is 87.2 cm³/mol. The van der Waals surface area contributed by atoms with Crippen LogP contribution in [0.2, 0.25) is 0 Å². The third kappa shape index (κ3) is 3.47. The number of aliphatic hydroxyl groups is 1. The smallest absolute Gasteiger partial charge is 0.330 e. The quantitative estimate of drug-likeness (QED) is 0.832. The topological polar surface area (TPSA) is 117 Å². The monoisotopic (exact) mass is 343 g/mol. The minimum absolute atomic E-state index is 0.269. The van der Waals surface area contributed by atoms with Crippen molar-refractivity contribution in [2.75, 3.05) is 6.61 Å². The number of aromatic nitrogens is 2. The number of nitriles is 1. The lowest BCUT2D eigenvalue weighted by atomic mass is 10.1. The van der Waals surface area contributed by atoms with Crippen LogP contribution in [0.25, 0.3) is 0 Å². The minimum atomic E-state index is -0.649. The zero-order valence-electron chi connectivity index (χ0n) is 13.5. The number of aromatic amines is 1. The van der Waals surface area contributed by atoms with E-state index in [1.807, 2.05) is 6.07 Å². The lowest BCUT2D eigenvalue weighted by Crippen LogP contribution is -2.33. The lowest BCUT2D eigenvalue weighted by Gasteiger charge is -2.17. The molecule has 2 N–H and O–H groups in total. The minimum Gasteiger partial charge on any atom is -0.487 e. The number of hydrogen-bond donors (Lipinski definition) is 2. The van der Waals surface area contributed by atoms with Crippen LogP contribution in [0.4, 0.5) is 0 Å². The molecule has 130 valence electrons. The molecule has 1 aliphatic heterocycles. The van der Waals surface area contributed by atoms with Crippen LogP contribution in [-0.2, 0) is 4.74 Å². The van der Waals surface area contributed by atoms with E-state index in [0.29, 0.717) is 23.3 Å². The first kappa shape index (κ1) is 17.0. The fourth-order valence-corrected chi connectivity index (χ4v) is 2.74. The first-order valence-corrected chi connectivity index (χ1v) is 7.77. The number of ether oxygens (including phenoxy) is 2. The van der Waals surface area contributed by atoms with Gasteiger partial charge in [0.2, 0.25) is 0 Å². The zero-order chi connectivity index (χ0) is 18.0. The normalized spacial score (nSPS) is 22.5. The number of aryl methyl sites for hydroxylation is 1. The standard InChI is InChI=1S/C17H17N3O5/c1-10-8-20(17(23)19-16(10)22)15-6-13(14(9-21)25-15)24-12-4-2-11(7-18)3-5-12/h2-5,8,13-15,21H,6,9H2,1H3,(H,19,22,23)/t13-,14+,15+/m0/s1. The number of aliphatic hydroxyl groups excluding tert-OH is 1. The van der Waals surface area contributed by atoms with Gasteiger partial charge < -0.3 is 14.6 Å². The Balaban J connectivity index is 1.80. The second-order valence-electron chi connectivity index (χ2n) is 5.82. The second kappa shape index (κ2) is 6.93. The molecule has 0 amide bonds. The average Bonchev–Trinajstić information content (AvgIpc) is 3.01. The number of benzene rings is 1. The SMILES string of the molecule is Cc1cn([C@H]2C[C@H](Oc3ccc(C#N)cc3)[C@@H](CO)O2)c(=O)[nH]c1=O. The average molecular weight is 343 g/mol. The van der Waals surface area contributed by atoms with E-state index in [0.717, 1.165) is 0 Å². The van der Waals surface area contributed by atoms with Crippen molar-refractivity contribution in [1.82, 2.24) is 9.55 Å². The summed E-state index contributed by atoms with van der Waals surface area (Å²) in [6, 6.07) is 8.61. The van der Waals surface area contributed by atoms with Crippen molar-refractivity contribution in [2.45, 2.75) is 31.8 Å². The summed E-state index contributed by atoms with van der Waals surface area (Å²) in [5.74, 6) is 0.539. The van der Waals surface area contributed by atoms with Crippen molar-refractivity contribution in [1.29, 1.82) is 5.26 Å². The first-order chi connectivity index (χ1) is 12.0. The summed E-state index contributed by atoms with van der Waals surface area (Å²) in [6.45, 7) is 1.33. The third-order valence-corrected chi connectivity index (χ3v) is 4.09. The number of hydrogen-bond acceptors (Lipinski definition) is 6. The van der Waals surface area contributed by atoms with Gasteiger partial charge in [-0.15, -0.1) is 0 Å². The zero-order valence-corrected chi connectivity index (χ0v) is 13.5. The van der Waals surface area contributed by atoms with E-state index in [-0.39, 0.29) is 6.61 Å². The molecule has 3 rings (SSSR count). The van der Waals surface area contributed by atoms with Gasteiger partial charge in [0.1, 0.15) is 24.2 Å². The molecule has 1 aromatic heterocycles. The van der Waals surface area contributed by atoms with Crippen LogP contribution in [0.3, 0.4) is 0 Å². The van der Waals surface area contributed by atoms with Gasteiger partial charge in [0.25, 0.3) is 5.56 Å². The Bertz CT molecular complexity index is 910. The van der Waals surface area contributed by atoms with Gasteiger partial charge in [-0.05, 0) is 31.2 Å². The van der Waals surface area contributed by atoms with Gasteiger partial charge in [0.15, 0.2) is 0 Å². The molecule has 1 saturated heterocycles. The fourth-order valence-electron chi connectivity index (χ4n) is 2.74. The molecule has 8 heteroatoms. The Morgan fingerprint density at radius 3 is 2.76 bits per heavy atom. The summed E-state index contributed by atoms with van der Waals surface area (Å²) < 4.78 is 12.9. The highest BCUT2D eigenvalue weighted by Gasteiger charge is 2.38. The van der Waals surface area contributed by atoms with Crippen LogP contribution < -0.4 is 16.0 Å². The van der Waals surface area contributed by atoms with Crippen LogP contribution in [0, 0.1) is 18.3 Å². The van der Waals surface area contributed by atoms with Gasteiger partial charge in [-0.25, -0.2) is 4.79 Å². The highest BCUT2D eigenvalue weighted by atomic mass is 16.6. The lowest BCUT2D eigenvalue weighted by molar-refractivity contribution is -0.0422. The summed E-state index contributed by atoms with van der Waals surface area (Å²) in [4.78, 5) is 25.7. The van der Waals surface area contributed by atoms with E-state index in [1.165, 1.54) is 10.8 Å². The fraction of sp³-hybridized carbons (Fsp3) is 0.353. The van der Waals surface area contributed by atoms with Crippen LogP contribution in [-0.4, -0.2) is 33.5 Å². The highest BCUT2D eigenvalue weighted by molar-refractivity contribution is 5.34. The summed E-state index contributed by atoms with van der Waals surface area (Å²) in [5.41, 5.74) is -0.110. The second-order valence-corrected chi connectivity index (χ2v) is 5.82. The molecule has 0 radical (unpaired) electrons. The van der Waals surface area contributed by atoms with E-state index in [4.69, 9.17) is 14.7 Å². The molecule has 1 fully saturated rings. The molecular weight excluding hydrogens is 326 g/mol. The maximum atomic E-state index is 12.0. The first-order valence-electron chi connectivity index (χ1n) is 7.77. The summed E-state index contributed by atoms with van der Waals surface area (Å²) >= 11 is 0. The Morgan fingerprint density at radius 2 is 2.12 bits per heavy atom. The predicted octanol–water partition coefficient (Wildman–Crippen LogP) is 0.444. The van der Waals surface area contributed by atoms with Crippen molar-refractivity contribution in [3.8, 4) is 11.8 Å². The molecule has 0 aliphatic carbocycles. The van der Waals surface area contributed by atoms with E-state index >= 15 is 0 Å². The summed E-state index contributed by atoms with van der Waals surface area (Å²) in [5, 5.41) is 18.4. The van der Waals surface area contributed by atoms with E-state index in [9.17, 15) is 14.7 Å². The van der Waals surface area contributed by atoms with Crippen molar-refractivity contribution in [3.63, 3.8) is 0 Å². The molecule has 1 aliphatic rings. The summed E-state index contributed by atoms with van der Waals surface area (Å²) in [6.07, 6.45) is 0.0338. The third-order valence-electron chi connectivity index (χ3n) is 4.09. The molecule has 2 aromatic rings. The Hall–Kier alpha value is -2.89. The van der Waals surface area contributed by atoms with Crippen LogP contribution in [0.15, 0.2) is 40.1 Å². The largest absolute Gasteiger partial charge is 0.487 e. The van der Waals surface area contributed by atoms with Crippen molar-refractivity contribution < 1.29 is 14.6 Å². The number of H-pyrrole nitrogens is 1.